The summed E-state index contributed by atoms with van der Waals surface area (Å²) in [6, 6.07) is 5.88. The maximum atomic E-state index is 12.9. The molecule has 0 fully saturated rings. The van der Waals surface area contributed by atoms with Crippen LogP contribution in [0.1, 0.15) is 16.7 Å². The Morgan fingerprint density at radius 2 is 2.27 bits per heavy atom. The van der Waals surface area contributed by atoms with E-state index in [-0.39, 0.29) is 5.82 Å². The molecule has 0 aliphatic carbocycles. The van der Waals surface area contributed by atoms with Crippen LogP contribution in [0.4, 0.5) is 4.39 Å². The summed E-state index contributed by atoms with van der Waals surface area (Å²) in [5, 5.41) is 12.2. The van der Waals surface area contributed by atoms with E-state index >= 15 is 0 Å². The van der Waals surface area contributed by atoms with Gasteiger partial charge in [-0.15, -0.1) is 11.3 Å². The van der Waals surface area contributed by atoms with Crippen molar-refractivity contribution in [3.8, 4) is 0 Å². The lowest BCUT2D eigenvalue weighted by molar-refractivity contribution is 0.219. The average molecular weight is 288 g/mol. The molecule has 1 unspecified atom stereocenters. The lowest BCUT2D eigenvalue weighted by Gasteiger charge is -2.07. The Kier molecular flexibility index (Phi) is 3.14. The molecule has 0 bridgehead atoms. The summed E-state index contributed by atoms with van der Waals surface area (Å²) >= 11 is 4.53. The van der Waals surface area contributed by atoms with Crippen molar-refractivity contribution in [3.63, 3.8) is 0 Å². The Labute approximate surface area is 98.5 Å². The van der Waals surface area contributed by atoms with Gasteiger partial charge < -0.3 is 5.11 Å². The van der Waals surface area contributed by atoms with E-state index in [0.717, 1.165) is 0 Å². The molecule has 2 aromatic rings. The fourth-order valence-corrected chi connectivity index (χ4v) is 2.49. The number of benzene rings is 1. The number of thiazole rings is 1. The van der Waals surface area contributed by atoms with Gasteiger partial charge in [0, 0.05) is 5.38 Å². The van der Waals surface area contributed by atoms with Crippen molar-refractivity contribution in [2.75, 3.05) is 0 Å². The van der Waals surface area contributed by atoms with E-state index < -0.39 is 6.10 Å². The van der Waals surface area contributed by atoms with Crippen molar-refractivity contribution in [3.05, 3.63) is 50.6 Å². The summed E-state index contributed by atoms with van der Waals surface area (Å²) in [5.41, 5.74) is 0.511. The second kappa shape index (κ2) is 4.38. The molecule has 2 nitrogen and oxygen atoms in total. The van der Waals surface area contributed by atoms with E-state index in [1.807, 2.05) is 0 Å². The van der Waals surface area contributed by atoms with E-state index in [4.69, 9.17) is 0 Å². The van der Waals surface area contributed by atoms with Gasteiger partial charge >= 0.3 is 0 Å². The second-order valence-corrected chi connectivity index (χ2v) is 4.67. The zero-order chi connectivity index (χ0) is 10.8. The summed E-state index contributed by atoms with van der Waals surface area (Å²) in [6.45, 7) is 0. The molecule has 78 valence electrons. The first-order chi connectivity index (χ1) is 7.16. The van der Waals surface area contributed by atoms with Crippen molar-refractivity contribution < 1.29 is 9.50 Å². The smallest absolute Gasteiger partial charge is 0.131 e. The van der Waals surface area contributed by atoms with Crippen molar-refractivity contribution in [2.45, 2.75) is 6.10 Å². The quantitative estimate of drug-likeness (QED) is 0.921. The molecule has 15 heavy (non-hydrogen) atoms. The van der Waals surface area contributed by atoms with Crippen LogP contribution in [-0.4, -0.2) is 10.1 Å². The van der Waals surface area contributed by atoms with Crippen LogP contribution in [0.5, 0.6) is 0 Å². The van der Waals surface area contributed by atoms with Crippen LogP contribution in [-0.2, 0) is 0 Å². The van der Waals surface area contributed by atoms with E-state index in [9.17, 15) is 9.50 Å². The van der Waals surface area contributed by atoms with Gasteiger partial charge in [0.25, 0.3) is 0 Å². The predicted molar refractivity (Wildman–Crippen MR) is 60.3 cm³/mol. The maximum absolute atomic E-state index is 12.9. The zero-order valence-electron chi connectivity index (χ0n) is 7.52. The zero-order valence-corrected chi connectivity index (χ0v) is 9.93. The fraction of sp³-hybridized carbons (Fsp3) is 0.100. The topological polar surface area (TPSA) is 33.1 Å². The third-order valence-electron chi connectivity index (χ3n) is 1.89. The number of aromatic nitrogens is 1. The van der Waals surface area contributed by atoms with Crippen molar-refractivity contribution in [1.82, 2.24) is 4.98 Å². The first-order valence-corrected chi connectivity index (χ1v) is 5.88. The van der Waals surface area contributed by atoms with Gasteiger partial charge in [-0.25, -0.2) is 9.37 Å². The molecule has 1 N–H and O–H groups in total. The normalized spacial score (nSPS) is 12.7. The highest BCUT2D eigenvalue weighted by molar-refractivity contribution is 9.10. The highest BCUT2D eigenvalue weighted by Crippen LogP contribution is 2.26. The molecule has 0 aliphatic rings. The van der Waals surface area contributed by atoms with Crippen LogP contribution in [0.25, 0.3) is 0 Å². The number of hydrogen-bond donors (Lipinski definition) is 1. The minimum Gasteiger partial charge on any atom is -0.381 e. The van der Waals surface area contributed by atoms with Gasteiger partial charge in [0.1, 0.15) is 21.5 Å². The van der Waals surface area contributed by atoms with Gasteiger partial charge in [0.05, 0.1) is 0 Å². The van der Waals surface area contributed by atoms with Crippen LogP contribution < -0.4 is 0 Å². The van der Waals surface area contributed by atoms with Gasteiger partial charge in [-0.1, -0.05) is 12.1 Å². The summed E-state index contributed by atoms with van der Waals surface area (Å²) in [4.78, 5) is 4.08. The molecule has 1 atom stereocenters. The number of aliphatic hydroxyl groups is 1. The SMILES string of the molecule is OC(c1cccc(F)c1)c1nc(Br)cs1. The molecule has 0 aliphatic heterocycles. The summed E-state index contributed by atoms with van der Waals surface area (Å²) in [7, 11) is 0. The van der Waals surface area contributed by atoms with E-state index in [1.54, 1.807) is 17.5 Å². The average Bonchev–Trinajstić information content (AvgIpc) is 2.64. The second-order valence-electron chi connectivity index (χ2n) is 2.97. The van der Waals surface area contributed by atoms with E-state index in [0.29, 0.717) is 15.2 Å². The largest absolute Gasteiger partial charge is 0.381 e. The first kappa shape index (κ1) is 10.7. The minimum absolute atomic E-state index is 0.359. The standard InChI is InChI=1S/C10H7BrFNOS/c11-8-5-15-10(13-8)9(14)6-2-1-3-7(12)4-6/h1-5,9,14H. The number of halogens is 2. The molecule has 5 heteroatoms. The Morgan fingerprint density at radius 3 is 2.87 bits per heavy atom. The molecule has 0 amide bonds. The third kappa shape index (κ3) is 2.42. The molecule has 0 saturated heterocycles. The molecular formula is C10H7BrFNOS. The maximum Gasteiger partial charge on any atom is 0.131 e. The minimum atomic E-state index is -0.864. The van der Waals surface area contributed by atoms with Crippen LogP contribution in [0.15, 0.2) is 34.2 Å². The third-order valence-corrected chi connectivity index (χ3v) is 3.50. The Hall–Kier alpha value is -0.780. The highest BCUT2D eigenvalue weighted by atomic mass is 79.9. The van der Waals surface area contributed by atoms with Crippen LogP contribution in [0, 0.1) is 5.82 Å². The van der Waals surface area contributed by atoms with Gasteiger partial charge in [0.15, 0.2) is 0 Å². The molecular weight excluding hydrogens is 281 g/mol. The predicted octanol–water partition coefficient (Wildman–Crippen LogP) is 3.13. The van der Waals surface area contributed by atoms with Crippen molar-refractivity contribution in [2.24, 2.45) is 0 Å². The molecule has 0 saturated carbocycles. The van der Waals surface area contributed by atoms with Crippen LogP contribution >= 0.6 is 27.3 Å². The lowest BCUT2D eigenvalue weighted by Crippen LogP contribution is -1.99. The van der Waals surface area contributed by atoms with Gasteiger partial charge in [-0.05, 0) is 33.6 Å². The van der Waals surface area contributed by atoms with E-state index in [2.05, 4.69) is 20.9 Å². The Bertz CT molecular complexity index is 474. The summed E-state index contributed by atoms with van der Waals surface area (Å²) < 4.78 is 13.6. The lowest BCUT2D eigenvalue weighted by atomic mass is 10.1. The first-order valence-electron chi connectivity index (χ1n) is 4.21. The molecule has 1 aromatic carbocycles. The summed E-state index contributed by atoms with van der Waals surface area (Å²) in [6.07, 6.45) is -0.864. The number of nitrogens with zero attached hydrogens (tertiary/aromatic N) is 1. The van der Waals surface area contributed by atoms with Gasteiger partial charge in [0.2, 0.25) is 0 Å². The molecule has 0 spiro atoms. The molecule has 1 heterocycles. The molecule has 1 aromatic heterocycles. The number of hydrogen-bond acceptors (Lipinski definition) is 3. The van der Waals surface area contributed by atoms with Crippen LogP contribution in [0.3, 0.4) is 0 Å². The monoisotopic (exact) mass is 287 g/mol. The molecule has 2 rings (SSSR count). The number of aliphatic hydroxyl groups excluding tert-OH is 1. The van der Waals surface area contributed by atoms with Crippen molar-refractivity contribution >= 4 is 27.3 Å². The van der Waals surface area contributed by atoms with Gasteiger partial charge in [-0.2, -0.15) is 0 Å². The van der Waals surface area contributed by atoms with Crippen molar-refractivity contribution in [1.29, 1.82) is 0 Å². The fourth-order valence-electron chi connectivity index (χ4n) is 1.21. The Morgan fingerprint density at radius 1 is 1.47 bits per heavy atom. The summed E-state index contributed by atoms with van der Waals surface area (Å²) in [5.74, 6) is -0.359. The van der Waals surface area contributed by atoms with Crippen LogP contribution in [0.2, 0.25) is 0 Å². The Balaban J connectivity index is 2.32. The number of rotatable bonds is 2. The van der Waals surface area contributed by atoms with E-state index in [1.165, 1.54) is 23.5 Å². The highest BCUT2D eigenvalue weighted by Gasteiger charge is 2.14. The molecule has 0 radical (unpaired) electrons. The van der Waals surface area contributed by atoms with Gasteiger partial charge in [-0.3, -0.25) is 0 Å².